The summed E-state index contributed by atoms with van der Waals surface area (Å²) in [6.45, 7) is 0.119. The van der Waals surface area contributed by atoms with E-state index in [1.807, 2.05) is 0 Å². The second-order valence-electron chi connectivity index (χ2n) is 8.33. The second-order valence-corrected chi connectivity index (χ2v) is 8.33. The molecule has 2 aromatic carbocycles. The van der Waals surface area contributed by atoms with Crippen LogP contribution >= 0.6 is 0 Å². The third-order valence-corrected chi connectivity index (χ3v) is 6.19. The first-order chi connectivity index (χ1) is 16.1. The van der Waals surface area contributed by atoms with E-state index < -0.39 is 23.9 Å². The lowest BCUT2D eigenvalue weighted by molar-refractivity contribution is -0.146. The van der Waals surface area contributed by atoms with Crippen LogP contribution in [0.2, 0.25) is 0 Å². The molecule has 0 radical (unpaired) electrons. The first kappa shape index (κ1) is 21.9. The van der Waals surface area contributed by atoms with Gasteiger partial charge in [0, 0.05) is 36.7 Å². The molecule has 3 heterocycles. The first-order valence-corrected chi connectivity index (χ1v) is 10.6. The van der Waals surface area contributed by atoms with Crippen LogP contribution in [0.3, 0.4) is 0 Å². The molecule has 0 saturated carbocycles. The number of nitrogens with one attached hydrogen (secondary N) is 1. The van der Waals surface area contributed by atoms with E-state index in [0.717, 1.165) is 4.57 Å². The van der Waals surface area contributed by atoms with Crippen LogP contribution in [0.1, 0.15) is 34.6 Å². The highest BCUT2D eigenvalue weighted by molar-refractivity contribution is 6.05. The Labute approximate surface area is 192 Å². The molecule has 1 unspecified atom stereocenters. The number of amides is 3. The number of imidazole rings is 1. The van der Waals surface area contributed by atoms with Crippen LogP contribution in [-0.2, 0) is 29.4 Å². The number of rotatable bonds is 3. The summed E-state index contributed by atoms with van der Waals surface area (Å²) in [4.78, 5) is 42.0. The number of hydrogen-bond donors (Lipinski definition) is 1. The van der Waals surface area contributed by atoms with Gasteiger partial charge in [-0.1, -0.05) is 36.4 Å². The van der Waals surface area contributed by atoms with E-state index in [9.17, 15) is 27.6 Å². The van der Waals surface area contributed by atoms with Crippen LogP contribution in [0.15, 0.2) is 48.5 Å². The maximum Gasteiger partial charge on any atom is 0.449 e. The van der Waals surface area contributed by atoms with E-state index >= 15 is 0 Å². The van der Waals surface area contributed by atoms with Crippen LogP contribution < -0.4 is 5.32 Å². The van der Waals surface area contributed by atoms with Crippen molar-refractivity contribution in [3.8, 4) is 22.5 Å². The molecule has 0 bridgehead atoms. The summed E-state index contributed by atoms with van der Waals surface area (Å²) in [6, 6.07) is 12.7. The molecule has 3 aromatic rings. The third-order valence-electron chi connectivity index (χ3n) is 6.19. The van der Waals surface area contributed by atoms with Gasteiger partial charge in [0.05, 0.1) is 11.4 Å². The standard InChI is InChI=1S/C24H19F3N4O3/c1-30-20(13-5-3-2-4-6-13)19(29-23(30)24(25,26)27)14-7-8-16-15(11-14)12-31(22(16)34)17-9-10-18(32)28-21(17)33/h2-8,11,17H,9-10,12H2,1H3,(H,28,32,33). The molecule has 2 aliphatic heterocycles. The molecule has 34 heavy (non-hydrogen) atoms. The molecule has 1 N–H and O–H groups in total. The minimum absolute atomic E-state index is 0.119. The van der Waals surface area contributed by atoms with E-state index in [2.05, 4.69) is 10.3 Å². The molecule has 5 rings (SSSR count). The van der Waals surface area contributed by atoms with Gasteiger partial charge in [-0.3, -0.25) is 19.7 Å². The Morgan fingerprint density at radius 1 is 1.03 bits per heavy atom. The lowest BCUT2D eigenvalue weighted by atomic mass is 10.0. The molecule has 7 nitrogen and oxygen atoms in total. The largest absolute Gasteiger partial charge is 0.449 e. The number of piperidine rings is 1. The molecule has 1 atom stereocenters. The van der Waals surface area contributed by atoms with Crippen LogP contribution in [0, 0.1) is 0 Å². The lowest BCUT2D eigenvalue weighted by Crippen LogP contribution is -2.52. The summed E-state index contributed by atoms with van der Waals surface area (Å²) >= 11 is 0. The highest BCUT2D eigenvalue weighted by Crippen LogP contribution is 2.39. The minimum atomic E-state index is -4.65. The van der Waals surface area contributed by atoms with Crippen molar-refractivity contribution in [1.29, 1.82) is 0 Å². The van der Waals surface area contributed by atoms with Crippen molar-refractivity contribution in [3.63, 3.8) is 0 Å². The van der Waals surface area contributed by atoms with Crippen molar-refractivity contribution < 1.29 is 27.6 Å². The predicted octanol–water partition coefficient (Wildman–Crippen LogP) is 3.53. The Morgan fingerprint density at radius 2 is 1.76 bits per heavy atom. The van der Waals surface area contributed by atoms with E-state index in [1.54, 1.807) is 48.5 Å². The van der Waals surface area contributed by atoms with E-state index in [4.69, 9.17) is 0 Å². The van der Waals surface area contributed by atoms with Crippen LogP contribution in [0.4, 0.5) is 13.2 Å². The highest BCUT2D eigenvalue weighted by Gasteiger charge is 2.40. The van der Waals surface area contributed by atoms with Gasteiger partial charge in [0.1, 0.15) is 6.04 Å². The molecule has 3 amide bonds. The van der Waals surface area contributed by atoms with Crippen molar-refractivity contribution in [2.45, 2.75) is 31.6 Å². The van der Waals surface area contributed by atoms with Crippen LogP contribution in [-0.4, -0.2) is 38.2 Å². The Kier molecular flexibility index (Phi) is 5.03. The molecule has 0 spiro atoms. The number of imide groups is 1. The number of aromatic nitrogens is 2. The molecule has 174 valence electrons. The van der Waals surface area contributed by atoms with Crippen LogP contribution in [0.25, 0.3) is 22.5 Å². The van der Waals surface area contributed by atoms with Gasteiger partial charge in [-0.05, 0) is 24.1 Å². The zero-order chi connectivity index (χ0) is 24.2. The number of halogens is 3. The quantitative estimate of drug-likeness (QED) is 0.596. The molecule has 1 fully saturated rings. The SMILES string of the molecule is Cn1c(C(F)(F)F)nc(-c2ccc3c(c2)CN(C2CCC(=O)NC2=O)C3=O)c1-c1ccccc1. The van der Waals surface area contributed by atoms with Gasteiger partial charge in [-0.15, -0.1) is 0 Å². The number of alkyl halides is 3. The van der Waals surface area contributed by atoms with Gasteiger partial charge in [-0.25, -0.2) is 4.98 Å². The summed E-state index contributed by atoms with van der Waals surface area (Å²) in [5.74, 6) is -2.28. The van der Waals surface area contributed by atoms with Crippen LogP contribution in [0.5, 0.6) is 0 Å². The smallest absolute Gasteiger partial charge is 0.323 e. The van der Waals surface area contributed by atoms with Gasteiger partial charge >= 0.3 is 6.18 Å². The van der Waals surface area contributed by atoms with Crippen molar-refractivity contribution in [1.82, 2.24) is 19.8 Å². The van der Waals surface area contributed by atoms with E-state index in [-0.39, 0.29) is 36.9 Å². The first-order valence-electron chi connectivity index (χ1n) is 10.6. The predicted molar refractivity (Wildman–Crippen MR) is 115 cm³/mol. The Bertz CT molecular complexity index is 1330. The maximum atomic E-state index is 13.7. The molecule has 0 aliphatic carbocycles. The molecule has 1 aromatic heterocycles. The number of benzene rings is 2. The fourth-order valence-corrected chi connectivity index (χ4v) is 4.60. The summed E-state index contributed by atoms with van der Waals surface area (Å²) in [6.07, 6.45) is -4.28. The summed E-state index contributed by atoms with van der Waals surface area (Å²) in [5.41, 5.74) is 2.42. The zero-order valence-electron chi connectivity index (χ0n) is 18.0. The lowest BCUT2D eigenvalue weighted by Gasteiger charge is -2.29. The zero-order valence-corrected chi connectivity index (χ0v) is 18.0. The average molecular weight is 468 g/mol. The Hall–Kier alpha value is -3.95. The number of hydrogen-bond acceptors (Lipinski definition) is 4. The fourth-order valence-electron chi connectivity index (χ4n) is 4.60. The van der Waals surface area contributed by atoms with Crippen molar-refractivity contribution >= 4 is 17.7 Å². The Balaban J connectivity index is 1.56. The second kappa shape index (κ2) is 7.82. The molecule has 2 aliphatic rings. The van der Waals surface area contributed by atoms with Crippen molar-refractivity contribution in [2.24, 2.45) is 7.05 Å². The minimum Gasteiger partial charge on any atom is -0.323 e. The summed E-state index contributed by atoms with van der Waals surface area (Å²) in [5, 5.41) is 2.25. The monoisotopic (exact) mass is 468 g/mol. The molecular weight excluding hydrogens is 449 g/mol. The van der Waals surface area contributed by atoms with Gasteiger partial charge < -0.3 is 9.47 Å². The normalized spacial score (nSPS) is 18.3. The van der Waals surface area contributed by atoms with Gasteiger partial charge in [0.25, 0.3) is 5.91 Å². The molecule has 1 saturated heterocycles. The third kappa shape index (κ3) is 3.55. The van der Waals surface area contributed by atoms with E-state index in [0.29, 0.717) is 27.9 Å². The molecular formula is C24H19F3N4O3. The number of fused-ring (bicyclic) bond motifs is 1. The highest BCUT2D eigenvalue weighted by atomic mass is 19.4. The fraction of sp³-hybridized carbons (Fsp3) is 0.250. The summed E-state index contributed by atoms with van der Waals surface area (Å²) in [7, 11) is 1.32. The van der Waals surface area contributed by atoms with Crippen molar-refractivity contribution in [3.05, 3.63) is 65.5 Å². The van der Waals surface area contributed by atoms with Gasteiger partial charge in [-0.2, -0.15) is 13.2 Å². The van der Waals surface area contributed by atoms with Crippen molar-refractivity contribution in [2.75, 3.05) is 0 Å². The van der Waals surface area contributed by atoms with Gasteiger partial charge in [0.15, 0.2) is 0 Å². The molecule has 10 heteroatoms. The van der Waals surface area contributed by atoms with E-state index in [1.165, 1.54) is 11.9 Å². The topological polar surface area (TPSA) is 84.3 Å². The average Bonchev–Trinajstić information content (AvgIpc) is 3.31. The Morgan fingerprint density at radius 3 is 2.44 bits per heavy atom. The number of carbonyl (C=O) groups is 3. The maximum absolute atomic E-state index is 13.7. The van der Waals surface area contributed by atoms with Gasteiger partial charge in [0.2, 0.25) is 17.6 Å². The summed E-state index contributed by atoms with van der Waals surface area (Å²) < 4.78 is 42.0. The number of carbonyl (C=O) groups excluding carboxylic acids is 3. The number of nitrogens with zero attached hydrogens (tertiary/aromatic N) is 3.